The Kier molecular flexibility index (Phi) is 5.41. The molecule has 0 unspecified atom stereocenters. The molecule has 52 valence electrons. The maximum absolute atomic E-state index is 9.52. The first-order valence-electron chi connectivity index (χ1n) is 2.92. The molecule has 0 aliphatic carbocycles. The predicted octanol–water partition coefficient (Wildman–Crippen LogP) is -0.212. The van der Waals surface area contributed by atoms with Gasteiger partial charge in [-0.1, -0.05) is 0 Å². The van der Waals surface area contributed by atoms with Gasteiger partial charge in [0.15, 0.2) is 9.76 Å². The summed E-state index contributed by atoms with van der Waals surface area (Å²) in [6, 6.07) is 0. The summed E-state index contributed by atoms with van der Waals surface area (Å²) in [5.74, 6) is 0. The Hall–Kier alpha value is -0.443. The van der Waals surface area contributed by atoms with Crippen LogP contribution in [0, 0.1) is 0 Å². The van der Waals surface area contributed by atoms with Crippen LogP contribution in [0.1, 0.15) is 13.8 Å². The Morgan fingerprint density at radius 3 is 2.89 bits per heavy atom. The monoisotopic (exact) mass is 145 g/mol. The number of nitrogens with zero attached hydrogens (tertiary/aromatic N) is 1. The largest absolute Gasteiger partial charge is 0.420 e. The van der Waals surface area contributed by atoms with E-state index in [4.69, 9.17) is 4.43 Å². The van der Waals surface area contributed by atoms with Crippen molar-refractivity contribution in [1.29, 1.82) is 0 Å². The lowest BCUT2D eigenvalue weighted by molar-refractivity contribution is 0.256. The van der Waals surface area contributed by atoms with Gasteiger partial charge in [0.25, 0.3) is 0 Å². The predicted molar refractivity (Wildman–Crippen MR) is 37.8 cm³/mol. The van der Waals surface area contributed by atoms with Gasteiger partial charge in [-0.25, -0.2) is 9.79 Å². The molecule has 9 heavy (non-hydrogen) atoms. The number of carbonyl (C=O) groups excluding carboxylic acids is 1. The average Bonchev–Trinajstić information content (AvgIpc) is 1.80. The van der Waals surface area contributed by atoms with Crippen LogP contribution in [0.2, 0.25) is 0 Å². The molecule has 0 rings (SSSR count). The zero-order valence-electron chi connectivity index (χ0n) is 5.76. The molecule has 0 radical (unpaired) electrons. The minimum Gasteiger partial charge on any atom is -0.420 e. The van der Waals surface area contributed by atoms with Crippen molar-refractivity contribution in [2.45, 2.75) is 20.0 Å². The van der Waals surface area contributed by atoms with E-state index < -0.39 is 9.76 Å². The molecule has 3 nitrogen and oxygen atoms in total. The van der Waals surface area contributed by atoms with Crippen LogP contribution in [-0.2, 0) is 9.22 Å². The van der Waals surface area contributed by atoms with E-state index in [9.17, 15) is 4.79 Å². The van der Waals surface area contributed by atoms with Gasteiger partial charge < -0.3 is 4.43 Å². The molecular weight excluding hydrogens is 134 g/mol. The maximum atomic E-state index is 9.52. The van der Waals surface area contributed by atoms with Crippen LogP contribution in [0.3, 0.4) is 0 Å². The second-order valence-electron chi connectivity index (χ2n) is 1.89. The van der Waals surface area contributed by atoms with Crippen molar-refractivity contribution in [2.24, 2.45) is 4.99 Å². The Balaban J connectivity index is 3.00. The van der Waals surface area contributed by atoms with E-state index in [2.05, 4.69) is 4.99 Å². The minimum absolute atomic E-state index is 0.276. The third kappa shape index (κ3) is 7.56. The fourth-order valence-electron chi connectivity index (χ4n) is 0.380. The van der Waals surface area contributed by atoms with Gasteiger partial charge in [-0.15, -0.1) is 0 Å². The third-order valence-corrected chi connectivity index (χ3v) is 2.03. The molecule has 0 aromatic carbocycles. The van der Waals surface area contributed by atoms with E-state index in [-0.39, 0.29) is 6.10 Å². The lowest BCUT2D eigenvalue weighted by atomic mass is 10.5. The Morgan fingerprint density at radius 1 is 1.78 bits per heavy atom. The van der Waals surface area contributed by atoms with Crippen LogP contribution in [0.4, 0.5) is 0 Å². The van der Waals surface area contributed by atoms with E-state index in [1.807, 2.05) is 13.8 Å². The first kappa shape index (κ1) is 8.56. The maximum Gasteiger partial charge on any atom is 0.234 e. The van der Waals surface area contributed by atoms with E-state index in [1.54, 1.807) is 0 Å². The number of rotatable bonds is 4. The van der Waals surface area contributed by atoms with Crippen LogP contribution in [0.15, 0.2) is 4.99 Å². The second-order valence-corrected chi connectivity index (χ2v) is 3.08. The highest BCUT2D eigenvalue weighted by Gasteiger charge is 1.90. The quantitative estimate of drug-likeness (QED) is 0.237. The standard InChI is InChI=1S/C5H11NO2Si/c1-5(2)8-9-4-6-3-7/h5H,4,9H2,1-2H3. The van der Waals surface area contributed by atoms with Crippen molar-refractivity contribution in [3.05, 3.63) is 0 Å². The van der Waals surface area contributed by atoms with Crippen LogP contribution >= 0.6 is 0 Å². The van der Waals surface area contributed by atoms with Crippen molar-refractivity contribution in [2.75, 3.05) is 6.17 Å². The Morgan fingerprint density at radius 2 is 2.44 bits per heavy atom. The molecule has 0 aromatic rings. The number of hydrogen-bond donors (Lipinski definition) is 0. The van der Waals surface area contributed by atoms with Crippen molar-refractivity contribution in [3.63, 3.8) is 0 Å². The lowest BCUT2D eigenvalue weighted by Gasteiger charge is -2.02. The van der Waals surface area contributed by atoms with Gasteiger partial charge >= 0.3 is 0 Å². The molecule has 4 heteroatoms. The molecule has 0 aliphatic rings. The van der Waals surface area contributed by atoms with Gasteiger partial charge in [0, 0.05) is 6.10 Å². The molecule has 0 amide bonds. The van der Waals surface area contributed by atoms with Gasteiger partial charge in [-0.05, 0) is 13.8 Å². The van der Waals surface area contributed by atoms with Gasteiger partial charge in [-0.3, -0.25) is 0 Å². The van der Waals surface area contributed by atoms with Crippen LogP contribution in [0.5, 0.6) is 0 Å². The van der Waals surface area contributed by atoms with E-state index in [1.165, 1.54) is 6.08 Å². The summed E-state index contributed by atoms with van der Waals surface area (Å²) in [6.07, 6.45) is 2.30. The molecule has 0 atom stereocenters. The van der Waals surface area contributed by atoms with Crippen molar-refractivity contribution in [3.8, 4) is 0 Å². The number of hydrogen-bond acceptors (Lipinski definition) is 3. The van der Waals surface area contributed by atoms with Gasteiger partial charge in [0.2, 0.25) is 6.08 Å². The average molecular weight is 145 g/mol. The molecule has 0 spiro atoms. The highest BCUT2D eigenvalue weighted by Crippen LogP contribution is 1.83. The third-order valence-electron chi connectivity index (χ3n) is 0.719. The normalized spacial score (nSPS) is 10.6. The van der Waals surface area contributed by atoms with Gasteiger partial charge in [0.1, 0.15) is 0 Å². The topological polar surface area (TPSA) is 38.7 Å². The molecule has 0 saturated carbocycles. The first-order valence-corrected chi connectivity index (χ1v) is 4.50. The Bertz CT molecular complexity index is 110. The summed E-state index contributed by atoms with van der Waals surface area (Å²) < 4.78 is 5.21. The number of aliphatic imine (C=N–C) groups is 1. The number of isocyanates is 1. The fourth-order valence-corrected chi connectivity index (χ4v) is 1.14. The molecule has 0 heterocycles. The summed E-state index contributed by atoms with van der Waals surface area (Å²) in [7, 11) is -0.576. The summed E-state index contributed by atoms with van der Waals surface area (Å²) in [4.78, 5) is 12.9. The van der Waals surface area contributed by atoms with Crippen molar-refractivity contribution in [1.82, 2.24) is 0 Å². The fraction of sp³-hybridized carbons (Fsp3) is 0.800. The summed E-state index contributed by atoms with van der Waals surface area (Å²) >= 11 is 0. The summed E-state index contributed by atoms with van der Waals surface area (Å²) in [5.41, 5.74) is 0. The zero-order valence-corrected chi connectivity index (χ0v) is 7.17. The van der Waals surface area contributed by atoms with Crippen LogP contribution in [0.25, 0.3) is 0 Å². The van der Waals surface area contributed by atoms with Gasteiger partial charge in [0.05, 0.1) is 6.17 Å². The van der Waals surface area contributed by atoms with E-state index in [0.717, 1.165) is 0 Å². The lowest BCUT2D eigenvalue weighted by Crippen LogP contribution is -2.09. The molecule has 0 aromatic heterocycles. The van der Waals surface area contributed by atoms with Crippen molar-refractivity contribution >= 4 is 15.8 Å². The molecule has 0 aliphatic heterocycles. The van der Waals surface area contributed by atoms with E-state index >= 15 is 0 Å². The molecule has 0 N–H and O–H groups in total. The molecular formula is C5H11NO2Si. The zero-order chi connectivity index (χ0) is 7.11. The molecule has 0 bridgehead atoms. The highest BCUT2D eigenvalue weighted by molar-refractivity contribution is 6.27. The highest BCUT2D eigenvalue weighted by atomic mass is 28.2. The van der Waals surface area contributed by atoms with Crippen LogP contribution in [-0.4, -0.2) is 28.1 Å². The minimum atomic E-state index is -0.576. The molecule has 0 saturated heterocycles. The van der Waals surface area contributed by atoms with Crippen molar-refractivity contribution < 1.29 is 9.22 Å². The Labute approximate surface area is 57.1 Å². The molecule has 0 fully saturated rings. The second kappa shape index (κ2) is 5.69. The van der Waals surface area contributed by atoms with Gasteiger partial charge in [-0.2, -0.15) is 0 Å². The SMILES string of the molecule is CC(C)O[SiH2]CN=C=O. The first-order chi connectivity index (χ1) is 4.27. The summed E-state index contributed by atoms with van der Waals surface area (Å²) in [6.45, 7) is 3.94. The smallest absolute Gasteiger partial charge is 0.234 e. The summed E-state index contributed by atoms with van der Waals surface area (Å²) in [5, 5.41) is 0. The van der Waals surface area contributed by atoms with E-state index in [0.29, 0.717) is 6.17 Å². The van der Waals surface area contributed by atoms with Crippen LogP contribution < -0.4 is 0 Å².